The predicted octanol–water partition coefficient (Wildman–Crippen LogP) is 3.18. The number of halogens is 2. The summed E-state index contributed by atoms with van der Waals surface area (Å²) in [4.78, 5) is 16.3. The van der Waals surface area contributed by atoms with Crippen LogP contribution in [0.1, 0.15) is 30.8 Å². The second kappa shape index (κ2) is 13.8. The summed E-state index contributed by atoms with van der Waals surface area (Å²) in [7, 11) is 0. The summed E-state index contributed by atoms with van der Waals surface area (Å²) >= 11 is 0. The maximum atomic E-state index is 13.3. The van der Waals surface area contributed by atoms with E-state index in [0.717, 1.165) is 6.42 Å². The van der Waals surface area contributed by atoms with E-state index in [0.29, 0.717) is 37.9 Å². The minimum atomic E-state index is -0.331. The molecule has 0 bridgehead atoms. The van der Waals surface area contributed by atoms with Gasteiger partial charge in [-0.15, -0.1) is 24.0 Å². The summed E-state index contributed by atoms with van der Waals surface area (Å²) in [5.41, 5.74) is 0. The van der Waals surface area contributed by atoms with Gasteiger partial charge in [-0.2, -0.15) is 0 Å². The number of amides is 1. The van der Waals surface area contributed by atoms with Crippen molar-refractivity contribution in [3.63, 3.8) is 0 Å². The van der Waals surface area contributed by atoms with Gasteiger partial charge in [0.2, 0.25) is 0 Å². The van der Waals surface area contributed by atoms with Crippen LogP contribution >= 0.6 is 24.0 Å². The average molecular weight is 518 g/mol. The molecule has 2 rings (SSSR count). The van der Waals surface area contributed by atoms with E-state index in [1.165, 1.54) is 18.4 Å². The Kier molecular flexibility index (Phi) is 11.8. The zero-order valence-electron chi connectivity index (χ0n) is 16.6. The van der Waals surface area contributed by atoms with Crippen molar-refractivity contribution < 1.29 is 18.3 Å². The number of aliphatic imine (C=N–C) groups is 1. The average Bonchev–Trinajstić information content (AvgIpc) is 3.23. The summed E-state index contributed by atoms with van der Waals surface area (Å²) in [5.74, 6) is 0.795. The first kappa shape index (κ1) is 24.7. The molecule has 9 heteroatoms. The van der Waals surface area contributed by atoms with Gasteiger partial charge in [-0.05, 0) is 37.6 Å². The van der Waals surface area contributed by atoms with E-state index < -0.39 is 0 Å². The largest absolute Gasteiger partial charge is 0.488 e. The molecule has 2 aromatic rings. The quantitative estimate of drug-likeness (QED) is 0.195. The Bertz CT molecular complexity index is 756. The number of carbonyl (C=O) groups is 1. The molecule has 0 saturated heterocycles. The van der Waals surface area contributed by atoms with Gasteiger partial charge >= 0.3 is 0 Å². The van der Waals surface area contributed by atoms with Crippen LogP contribution in [0.3, 0.4) is 0 Å². The summed E-state index contributed by atoms with van der Waals surface area (Å²) in [6.07, 6.45) is 2.02. The minimum absolute atomic E-state index is 0. The van der Waals surface area contributed by atoms with Gasteiger partial charge in [-0.1, -0.05) is 13.0 Å². The molecule has 0 aliphatic heterocycles. The van der Waals surface area contributed by atoms with Gasteiger partial charge in [-0.25, -0.2) is 9.38 Å². The van der Waals surface area contributed by atoms with Crippen LogP contribution in [0.2, 0.25) is 0 Å². The molecule has 0 aliphatic rings. The normalized spacial score (nSPS) is 11.9. The number of guanidine groups is 1. The van der Waals surface area contributed by atoms with Crippen molar-refractivity contribution in [2.24, 2.45) is 4.99 Å². The molecule has 7 nitrogen and oxygen atoms in total. The lowest BCUT2D eigenvalue weighted by atomic mass is 10.2. The second-order valence-electron chi connectivity index (χ2n) is 5.99. The lowest BCUT2D eigenvalue weighted by molar-refractivity contribution is 0.0926. The van der Waals surface area contributed by atoms with Crippen LogP contribution in [-0.2, 0) is 0 Å². The molecule has 1 unspecified atom stereocenters. The number of hydrogen-bond donors (Lipinski definition) is 3. The predicted molar refractivity (Wildman–Crippen MR) is 122 cm³/mol. The van der Waals surface area contributed by atoms with Crippen molar-refractivity contribution in [1.82, 2.24) is 16.0 Å². The van der Waals surface area contributed by atoms with E-state index in [2.05, 4.69) is 20.9 Å². The van der Waals surface area contributed by atoms with Crippen molar-refractivity contribution >= 4 is 35.8 Å². The zero-order valence-corrected chi connectivity index (χ0v) is 18.9. The van der Waals surface area contributed by atoms with Gasteiger partial charge in [0, 0.05) is 25.7 Å². The first-order valence-corrected chi connectivity index (χ1v) is 9.38. The number of nitrogens with zero attached hydrogens (tertiary/aromatic N) is 1. The van der Waals surface area contributed by atoms with Gasteiger partial charge in [0.1, 0.15) is 17.7 Å². The summed E-state index contributed by atoms with van der Waals surface area (Å²) in [6.45, 7) is 5.99. The third-order valence-corrected chi connectivity index (χ3v) is 3.80. The van der Waals surface area contributed by atoms with Crippen LogP contribution in [0, 0.1) is 5.82 Å². The minimum Gasteiger partial charge on any atom is -0.488 e. The van der Waals surface area contributed by atoms with Crippen LogP contribution in [0.15, 0.2) is 52.1 Å². The van der Waals surface area contributed by atoms with Crippen LogP contribution in [0.5, 0.6) is 5.75 Å². The van der Waals surface area contributed by atoms with E-state index in [1.54, 1.807) is 24.3 Å². The Hall–Kier alpha value is -2.30. The van der Waals surface area contributed by atoms with Gasteiger partial charge in [-0.3, -0.25) is 4.79 Å². The fourth-order valence-electron chi connectivity index (χ4n) is 2.37. The molecule has 0 radical (unpaired) electrons. The molecule has 160 valence electrons. The lowest BCUT2D eigenvalue weighted by Crippen LogP contribution is -2.42. The first-order valence-electron chi connectivity index (χ1n) is 9.38. The molecule has 0 aliphatic carbocycles. The Morgan fingerprint density at radius 3 is 2.62 bits per heavy atom. The summed E-state index contributed by atoms with van der Waals surface area (Å²) in [6, 6.07) is 9.35. The van der Waals surface area contributed by atoms with Gasteiger partial charge in [0.05, 0.1) is 12.8 Å². The number of ether oxygens (including phenoxy) is 1. The van der Waals surface area contributed by atoms with Crippen LogP contribution < -0.4 is 20.7 Å². The van der Waals surface area contributed by atoms with Gasteiger partial charge in [0.25, 0.3) is 5.91 Å². The number of rotatable bonds is 10. The van der Waals surface area contributed by atoms with E-state index in [-0.39, 0.29) is 47.6 Å². The maximum Gasteiger partial charge on any atom is 0.287 e. The van der Waals surface area contributed by atoms with Crippen LogP contribution in [-0.4, -0.2) is 44.1 Å². The Balaban J connectivity index is 0.00000420. The first-order chi connectivity index (χ1) is 13.6. The maximum absolute atomic E-state index is 13.3. The number of hydrogen-bond acceptors (Lipinski definition) is 4. The van der Waals surface area contributed by atoms with Crippen molar-refractivity contribution in [2.75, 3.05) is 26.2 Å². The molecular weight excluding hydrogens is 490 g/mol. The third kappa shape index (κ3) is 9.16. The van der Waals surface area contributed by atoms with Gasteiger partial charge < -0.3 is 25.1 Å². The zero-order chi connectivity index (χ0) is 20.2. The second-order valence-corrected chi connectivity index (χ2v) is 5.99. The number of nitrogens with one attached hydrogen (secondary N) is 3. The lowest BCUT2D eigenvalue weighted by Gasteiger charge is -2.17. The molecule has 0 spiro atoms. The van der Waals surface area contributed by atoms with E-state index in [4.69, 9.17) is 9.15 Å². The van der Waals surface area contributed by atoms with E-state index >= 15 is 0 Å². The van der Waals surface area contributed by atoms with Crippen molar-refractivity contribution in [3.8, 4) is 5.75 Å². The smallest absolute Gasteiger partial charge is 0.287 e. The molecule has 1 heterocycles. The highest BCUT2D eigenvalue weighted by atomic mass is 127. The number of carbonyl (C=O) groups excluding carboxylic acids is 1. The molecule has 29 heavy (non-hydrogen) atoms. The monoisotopic (exact) mass is 518 g/mol. The molecule has 1 amide bonds. The molecule has 0 saturated carbocycles. The fourth-order valence-corrected chi connectivity index (χ4v) is 2.37. The molecule has 0 fully saturated rings. The van der Waals surface area contributed by atoms with Crippen LogP contribution in [0.4, 0.5) is 4.39 Å². The van der Waals surface area contributed by atoms with Gasteiger partial charge in [0.15, 0.2) is 11.7 Å². The Labute approximate surface area is 187 Å². The van der Waals surface area contributed by atoms with Crippen molar-refractivity contribution in [2.45, 2.75) is 26.4 Å². The summed E-state index contributed by atoms with van der Waals surface area (Å²) in [5, 5.41) is 9.05. The molecule has 3 N–H and O–H groups in total. The fraction of sp³-hybridized carbons (Fsp3) is 0.400. The Morgan fingerprint density at radius 2 is 1.97 bits per heavy atom. The molecule has 1 atom stereocenters. The SMILES string of the molecule is CCNC(=NCC(CC)Oc1cccc(F)c1)NCCNC(=O)c1ccco1.I. The van der Waals surface area contributed by atoms with Crippen molar-refractivity contribution in [1.29, 1.82) is 0 Å². The number of furan rings is 1. The number of benzene rings is 1. The third-order valence-electron chi connectivity index (χ3n) is 3.80. The molecular formula is C20H28FIN4O3. The summed E-state index contributed by atoms with van der Waals surface area (Å²) < 4.78 is 24.1. The molecule has 1 aromatic carbocycles. The Morgan fingerprint density at radius 1 is 1.17 bits per heavy atom. The highest BCUT2D eigenvalue weighted by Crippen LogP contribution is 2.15. The van der Waals surface area contributed by atoms with Crippen molar-refractivity contribution in [3.05, 3.63) is 54.2 Å². The topological polar surface area (TPSA) is 87.9 Å². The van der Waals surface area contributed by atoms with E-state index in [9.17, 15) is 9.18 Å². The standard InChI is InChI=1S/C20H27FN4O3.HI/c1-3-16(28-17-8-5-7-15(21)13-17)14-25-20(22-4-2)24-11-10-23-19(26)18-9-6-12-27-18;/h5-9,12-13,16H,3-4,10-11,14H2,1-2H3,(H,23,26)(H2,22,24,25);1H. The van der Waals surface area contributed by atoms with E-state index in [1.807, 2.05) is 13.8 Å². The highest BCUT2D eigenvalue weighted by molar-refractivity contribution is 14.0. The van der Waals surface area contributed by atoms with Crippen LogP contribution in [0.25, 0.3) is 0 Å². The highest BCUT2D eigenvalue weighted by Gasteiger charge is 2.10. The molecule has 1 aromatic heterocycles.